The Labute approximate surface area is 166 Å². The van der Waals surface area contributed by atoms with E-state index in [1.807, 2.05) is 0 Å². The van der Waals surface area contributed by atoms with Gasteiger partial charge < -0.3 is 25.8 Å². The standard InChI is InChI=1S/C20H31N3O5/c1-19(2,3)27-17(25)22-11-14-8-7-13(10-16(21)24)9-15(14)12-23-18(26)28-20(4,5)6/h7-9H,10-12H2,1-6H3,(H2,21,24)(H,22,25)(H,23,26). The molecule has 0 radical (unpaired) electrons. The van der Waals surface area contributed by atoms with Crippen LogP contribution in [-0.4, -0.2) is 29.3 Å². The van der Waals surface area contributed by atoms with Gasteiger partial charge in [0.05, 0.1) is 6.42 Å². The molecule has 4 N–H and O–H groups in total. The Bertz CT molecular complexity index is 718. The summed E-state index contributed by atoms with van der Waals surface area (Å²) in [7, 11) is 0. The molecule has 156 valence electrons. The fourth-order valence-electron chi connectivity index (χ4n) is 2.29. The second kappa shape index (κ2) is 9.43. The lowest BCUT2D eigenvalue weighted by atomic mass is 10.0. The number of amides is 3. The molecule has 0 bridgehead atoms. The maximum atomic E-state index is 11.9. The molecule has 0 heterocycles. The molecular weight excluding hydrogens is 362 g/mol. The molecule has 0 aliphatic heterocycles. The van der Waals surface area contributed by atoms with Gasteiger partial charge in [0.1, 0.15) is 11.2 Å². The molecule has 0 saturated carbocycles. The summed E-state index contributed by atoms with van der Waals surface area (Å²) in [6.07, 6.45) is -1.02. The monoisotopic (exact) mass is 393 g/mol. The predicted molar refractivity (Wildman–Crippen MR) is 105 cm³/mol. The summed E-state index contributed by atoms with van der Waals surface area (Å²) < 4.78 is 10.5. The third-order valence-electron chi connectivity index (χ3n) is 3.29. The molecule has 0 aliphatic carbocycles. The van der Waals surface area contributed by atoms with Crippen molar-refractivity contribution in [2.75, 3.05) is 0 Å². The first-order valence-electron chi connectivity index (χ1n) is 9.08. The Kier molecular flexibility index (Phi) is 7.84. The Morgan fingerprint density at radius 3 is 1.75 bits per heavy atom. The first-order chi connectivity index (χ1) is 12.7. The molecule has 0 aromatic heterocycles. The van der Waals surface area contributed by atoms with Gasteiger partial charge in [-0.3, -0.25) is 4.79 Å². The smallest absolute Gasteiger partial charge is 0.407 e. The Morgan fingerprint density at radius 1 is 0.857 bits per heavy atom. The zero-order valence-electron chi connectivity index (χ0n) is 17.5. The lowest BCUT2D eigenvalue weighted by Crippen LogP contribution is -2.33. The number of alkyl carbamates (subject to hydrolysis) is 2. The van der Waals surface area contributed by atoms with Crippen molar-refractivity contribution in [2.45, 2.75) is 72.3 Å². The van der Waals surface area contributed by atoms with Crippen molar-refractivity contribution in [1.82, 2.24) is 10.6 Å². The average Bonchev–Trinajstić information content (AvgIpc) is 2.48. The molecule has 8 heteroatoms. The van der Waals surface area contributed by atoms with Crippen molar-refractivity contribution >= 4 is 18.1 Å². The van der Waals surface area contributed by atoms with Crippen LogP contribution in [0.1, 0.15) is 58.2 Å². The van der Waals surface area contributed by atoms with Crippen molar-refractivity contribution in [1.29, 1.82) is 0 Å². The number of hydrogen-bond donors (Lipinski definition) is 3. The van der Waals surface area contributed by atoms with Gasteiger partial charge in [0.25, 0.3) is 0 Å². The maximum absolute atomic E-state index is 11.9. The number of carbonyl (C=O) groups is 3. The van der Waals surface area contributed by atoms with Crippen molar-refractivity contribution in [2.24, 2.45) is 5.73 Å². The number of nitrogens with two attached hydrogens (primary N) is 1. The van der Waals surface area contributed by atoms with Crippen molar-refractivity contribution in [3.8, 4) is 0 Å². The highest BCUT2D eigenvalue weighted by Crippen LogP contribution is 2.15. The summed E-state index contributed by atoms with van der Waals surface area (Å²) in [5.41, 5.74) is 6.27. The third-order valence-corrected chi connectivity index (χ3v) is 3.29. The second-order valence-corrected chi connectivity index (χ2v) is 8.46. The fourth-order valence-corrected chi connectivity index (χ4v) is 2.29. The highest BCUT2D eigenvalue weighted by molar-refractivity contribution is 5.76. The topological polar surface area (TPSA) is 120 Å². The normalized spacial score (nSPS) is 11.5. The molecule has 0 spiro atoms. The third kappa shape index (κ3) is 9.80. The van der Waals surface area contributed by atoms with Crippen LogP contribution in [0, 0.1) is 0 Å². The summed E-state index contributed by atoms with van der Waals surface area (Å²) in [5.74, 6) is -0.453. The Hall–Kier alpha value is -2.77. The van der Waals surface area contributed by atoms with Gasteiger partial charge in [-0.15, -0.1) is 0 Å². The highest BCUT2D eigenvalue weighted by Gasteiger charge is 2.18. The van der Waals surface area contributed by atoms with E-state index >= 15 is 0 Å². The van der Waals surface area contributed by atoms with E-state index < -0.39 is 29.3 Å². The first kappa shape index (κ1) is 23.3. The van der Waals surface area contributed by atoms with Gasteiger partial charge in [-0.2, -0.15) is 0 Å². The predicted octanol–water partition coefficient (Wildman–Crippen LogP) is 2.76. The lowest BCUT2D eigenvalue weighted by molar-refractivity contribution is -0.117. The van der Waals surface area contributed by atoms with E-state index in [2.05, 4.69) is 10.6 Å². The fraction of sp³-hybridized carbons (Fsp3) is 0.550. The molecule has 1 aromatic rings. The van der Waals surface area contributed by atoms with Crippen molar-refractivity contribution in [3.63, 3.8) is 0 Å². The van der Waals surface area contributed by atoms with Crippen LogP contribution >= 0.6 is 0 Å². The van der Waals surface area contributed by atoms with E-state index in [4.69, 9.17) is 15.2 Å². The van der Waals surface area contributed by atoms with Crippen LogP contribution in [0.15, 0.2) is 18.2 Å². The zero-order valence-corrected chi connectivity index (χ0v) is 17.5. The summed E-state index contributed by atoms with van der Waals surface area (Å²) in [5, 5.41) is 5.37. The first-order valence-corrected chi connectivity index (χ1v) is 9.08. The van der Waals surface area contributed by atoms with Gasteiger partial charge in [0.2, 0.25) is 5.91 Å². The van der Waals surface area contributed by atoms with Crippen LogP contribution in [0.25, 0.3) is 0 Å². The number of ether oxygens (including phenoxy) is 2. The molecule has 1 aromatic carbocycles. The summed E-state index contributed by atoms with van der Waals surface area (Å²) in [6, 6.07) is 5.31. The van der Waals surface area contributed by atoms with Crippen molar-refractivity contribution < 1.29 is 23.9 Å². The van der Waals surface area contributed by atoms with E-state index in [9.17, 15) is 14.4 Å². The largest absolute Gasteiger partial charge is 0.444 e. The molecule has 0 aliphatic rings. The number of carbonyl (C=O) groups excluding carboxylic acids is 3. The minimum absolute atomic E-state index is 0.0826. The van der Waals surface area contributed by atoms with Crippen LogP contribution in [0.5, 0.6) is 0 Å². The van der Waals surface area contributed by atoms with Gasteiger partial charge in [0, 0.05) is 13.1 Å². The summed E-state index contributed by atoms with van der Waals surface area (Å²) >= 11 is 0. The van der Waals surface area contributed by atoms with E-state index in [1.165, 1.54) is 0 Å². The van der Waals surface area contributed by atoms with Crippen LogP contribution in [-0.2, 0) is 33.8 Å². The number of rotatable bonds is 6. The molecule has 0 fully saturated rings. The Balaban J connectivity index is 2.88. The van der Waals surface area contributed by atoms with Crippen LogP contribution < -0.4 is 16.4 Å². The van der Waals surface area contributed by atoms with Gasteiger partial charge in [0.15, 0.2) is 0 Å². The summed E-state index contributed by atoms with van der Waals surface area (Å²) in [4.78, 5) is 35.0. The molecule has 0 saturated heterocycles. The van der Waals surface area contributed by atoms with Gasteiger partial charge in [-0.05, 0) is 58.2 Å². The van der Waals surface area contributed by atoms with Gasteiger partial charge in [-0.25, -0.2) is 9.59 Å². The van der Waals surface area contributed by atoms with E-state index in [0.29, 0.717) is 0 Å². The molecule has 3 amide bonds. The highest BCUT2D eigenvalue weighted by atomic mass is 16.6. The maximum Gasteiger partial charge on any atom is 0.407 e. The zero-order chi connectivity index (χ0) is 21.5. The van der Waals surface area contributed by atoms with Crippen LogP contribution in [0.3, 0.4) is 0 Å². The van der Waals surface area contributed by atoms with Gasteiger partial charge in [-0.1, -0.05) is 18.2 Å². The molecule has 8 nitrogen and oxygen atoms in total. The van der Waals surface area contributed by atoms with Crippen LogP contribution in [0.2, 0.25) is 0 Å². The number of benzene rings is 1. The minimum atomic E-state index is -0.612. The second-order valence-electron chi connectivity index (χ2n) is 8.46. The number of hydrogen-bond acceptors (Lipinski definition) is 5. The lowest BCUT2D eigenvalue weighted by Gasteiger charge is -2.21. The number of primary amides is 1. The molecular formula is C20H31N3O5. The summed E-state index contributed by atoms with van der Waals surface area (Å²) in [6.45, 7) is 11.0. The Morgan fingerprint density at radius 2 is 1.32 bits per heavy atom. The molecule has 0 atom stereocenters. The molecule has 0 unspecified atom stereocenters. The molecule has 1 rings (SSSR count). The SMILES string of the molecule is CC(C)(C)OC(=O)NCc1ccc(CC(N)=O)cc1CNC(=O)OC(C)(C)C. The van der Waals surface area contributed by atoms with E-state index in [0.717, 1.165) is 16.7 Å². The van der Waals surface area contributed by atoms with Crippen molar-refractivity contribution in [3.05, 3.63) is 34.9 Å². The van der Waals surface area contributed by atoms with E-state index in [-0.39, 0.29) is 19.5 Å². The van der Waals surface area contributed by atoms with E-state index in [1.54, 1.807) is 59.7 Å². The minimum Gasteiger partial charge on any atom is -0.444 e. The van der Waals surface area contributed by atoms with Crippen LogP contribution in [0.4, 0.5) is 9.59 Å². The molecule has 28 heavy (non-hydrogen) atoms. The van der Waals surface area contributed by atoms with Gasteiger partial charge >= 0.3 is 12.2 Å². The number of nitrogens with one attached hydrogen (secondary N) is 2. The quantitative estimate of drug-likeness (QED) is 0.686. The average molecular weight is 393 g/mol.